The number of urea groups is 1. The highest BCUT2D eigenvalue weighted by Crippen LogP contribution is 2.25. The number of hydrogen-bond acceptors (Lipinski definition) is 2. The molecule has 2 heterocycles. The number of aromatic nitrogens is 1. The second-order valence-electron chi connectivity index (χ2n) is 6.02. The molecular weight excluding hydrogens is 304 g/mol. The first-order valence-electron chi connectivity index (χ1n) is 8.14. The summed E-state index contributed by atoms with van der Waals surface area (Å²) in [6, 6.07) is 12.2. The molecule has 0 spiro atoms. The first-order valence-corrected chi connectivity index (χ1v) is 8.14. The maximum atomic E-state index is 12.7. The number of amides is 3. The molecule has 3 rings (SSSR count). The Labute approximate surface area is 141 Å². The predicted molar refractivity (Wildman–Crippen MR) is 92.6 cm³/mol. The fourth-order valence-corrected chi connectivity index (χ4v) is 3.08. The van der Waals surface area contributed by atoms with E-state index in [4.69, 9.17) is 0 Å². The quantitative estimate of drug-likeness (QED) is 0.910. The molecular formula is C18H22N4O2. The number of rotatable bonds is 3. The Morgan fingerprint density at radius 1 is 1.12 bits per heavy atom. The number of anilines is 1. The van der Waals surface area contributed by atoms with Crippen molar-refractivity contribution in [3.63, 3.8) is 0 Å². The van der Waals surface area contributed by atoms with E-state index >= 15 is 0 Å². The lowest BCUT2D eigenvalue weighted by atomic mass is 10.1. The monoisotopic (exact) mass is 326 g/mol. The zero-order valence-corrected chi connectivity index (χ0v) is 13.9. The van der Waals surface area contributed by atoms with Crippen LogP contribution in [-0.4, -0.2) is 34.0 Å². The summed E-state index contributed by atoms with van der Waals surface area (Å²) in [5.41, 5.74) is 1.81. The van der Waals surface area contributed by atoms with Gasteiger partial charge < -0.3 is 20.1 Å². The van der Waals surface area contributed by atoms with Gasteiger partial charge in [0.2, 0.25) is 5.91 Å². The van der Waals surface area contributed by atoms with E-state index in [0.717, 1.165) is 12.2 Å². The van der Waals surface area contributed by atoms with E-state index in [1.54, 1.807) is 19.1 Å². The molecule has 1 aromatic heterocycles. The van der Waals surface area contributed by atoms with Gasteiger partial charge in [-0.3, -0.25) is 4.79 Å². The van der Waals surface area contributed by atoms with Crippen molar-refractivity contribution in [2.75, 3.05) is 11.9 Å². The Morgan fingerprint density at radius 2 is 1.88 bits per heavy atom. The smallest absolute Gasteiger partial charge is 0.319 e. The highest BCUT2D eigenvalue weighted by atomic mass is 16.2. The van der Waals surface area contributed by atoms with E-state index in [9.17, 15) is 9.59 Å². The highest BCUT2D eigenvalue weighted by molar-refractivity contribution is 5.93. The Hall–Kier alpha value is -2.76. The van der Waals surface area contributed by atoms with Crippen LogP contribution in [-0.2, 0) is 11.3 Å². The summed E-state index contributed by atoms with van der Waals surface area (Å²) < 4.78 is 2.16. The van der Waals surface area contributed by atoms with E-state index in [-0.39, 0.29) is 18.0 Å². The molecule has 0 fully saturated rings. The van der Waals surface area contributed by atoms with E-state index in [2.05, 4.69) is 15.2 Å². The summed E-state index contributed by atoms with van der Waals surface area (Å²) in [4.78, 5) is 26.6. The van der Waals surface area contributed by atoms with Crippen molar-refractivity contribution >= 4 is 17.6 Å². The minimum atomic E-state index is -0.585. The first kappa shape index (κ1) is 16.1. The maximum absolute atomic E-state index is 12.7. The van der Waals surface area contributed by atoms with Gasteiger partial charge in [0.1, 0.15) is 6.04 Å². The molecule has 0 aliphatic carbocycles. The summed E-state index contributed by atoms with van der Waals surface area (Å²) in [5, 5.41) is 5.44. The molecule has 2 atom stereocenters. The highest BCUT2D eigenvalue weighted by Gasteiger charge is 2.30. The zero-order valence-electron chi connectivity index (χ0n) is 13.9. The van der Waals surface area contributed by atoms with Crippen LogP contribution < -0.4 is 10.6 Å². The molecule has 0 saturated heterocycles. The van der Waals surface area contributed by atoms with Crippen LogP contribution in [0.4, 0.5) is 10.5 Å². The minimum Gasteiger partial charge on any atom is -0.348 e. The van der Waals surface area contributed by atoms with E-state index in [1.807, 2.05) is 48.4 Å². The molecule has 0 saturated carbocycles. The summed E-state index contributed by atoms with van der Waals surface area (Å²) >= 11 is 0. The predicted octanol–water partition coefficient (Wildman–Crippen LogP) is 2.60. The van der Waals surface area contributed by atoms with Crippen molar-refractivity contribution in [3.05, 3.63) is 54.4 Å². The van der Waals surface area contributed by atoms with E-state index < -0.39 is 6.04 Å². The van der Waals surface area contributed by atoms with Gasteiger partial charge in [-0.1, -0.05) is 18.2 Å². The fraction of sp³-hybridized carbons (Fsp3) is 0.333. The third-order valence-electron chi connectivity index (χ3n) is 4.37. The lowest BCUT2D eigenvalue weighted by Crippen LogP contribution is -2.51. The van der Waals surface area contributed by atoms with Gasteiger partial charge in [-0.25, -0.2) is 4.79 Å². The molecule has 0 unspecified atom stereocenters. The molecule has 24 heavy (non-hydrogen) atoms. The third kappa shape index (κ3) is 3.27. The molecule has 2 N–H and O–H groups in total. The Kier molecular flexibility index (Phi) is 4.55. The van der Waals surface area contributed by atoms with Crippen molar-refractivity contribution in [2.24, 2.45) is 0 Å². The van der Waals surface area contributed by atoms with E-state index in [1.165, 1.54) is 0 Å². The van der Waals surface area contributed by atoms with Gasteiger partial charge in [0.05, 0.1) is 6.04 Å². The topological polar surface area (TPSA) is 66.4 Å². The average Bonchev–Trinajstić information content (AvgIpc) is 3.05. The van der Waals surface area contributed by atoms with Crippen molar-refractivity contribution in [1.82, 2.24) is 14.8 Å². The molecule has 0 radical (unpaired) electrons. The van der Waals surface area contributed by atoms with Gasteiger partial charge in [-0.05, 0) is 38.1 Å². The van der Waals surface area contributed by atoms with Crippen molar-refractivity contribution in [1.29, 1.82) is 0 Å². The molecule has 6 nitrogen and oxygen atoms in total. The van der Waals surface area contributed by atoms with Crippen LogP contribution in [0.2, 0.25) is 0 Å². The number of benzene rings is 1. The fourth-order valence-electron chi connectivity index (χ4n) is 3.08. The number of nitrogens with one attached hydrogen (secondary N) is 2. The van der Waals surface area contributed by atoms with Crippen LogP contribution in [0.25, 0.3) is 0 Å². The number of para-hydroxylation sites is 1. The van der Waals surface area contributed by atoms with Gasteiger partial charge in [0, 0.05) is 30.7 Å². The number of hydrogen-bond donors (Lipinski definition) is 2. The largest absolute Gasteiger partial charge is 0.348 e. The lowest BCUT2D eigenvalue weighted by Gasteiger charge is -2.36. The number of carbonyl (C=O) groups excluding carboxylic acids is 2. The van der Waals surface area contributed by atoms with E-state index in [0.29, 0.717) is 12.2 Å². The summed E-state index contributed by atoms with van der Waals surface area (Å²) in [7, 11) is 0. The van der Waals surface area contributed by atoms with Crippen LogP contribution in [0.5, 0.6) is 0 Å². The van der Waals surface area contributed by atoms with Crippen LogP contribution in [0, 0.1) is 0 Å². The second-order valence-corrected chi connectivity index (χ2v) is 6.02. The molecule has 1 aliphatic rings. The van der Waals surface area contributed by atoms with Crippen molar-refractivity contribution < 1.29 is 9.59 Å². The average molecular weight is 326 g/mol. The Bertz CT molecular complexity index is 726. The van der Waals surface area contributed by atoms with Gasteiger partial charge in [-0.15, -0.1) is 0 Å². The molecule has 1 aliphatic heterocycles. The number of fused-ring (bicyclic) bond motifs is 1. The minimum absolute atomic E-state index is 0.00249. The summed E-state index contributed by atoms with van der Waals surface area (Å²) in [6.45, 7) is 5.16. The van der Waals surface area contributed by atoms with Crippen molar-refractivity contribution in [3.8, 4) is 0 Å². The number of carbonyl (C=O) groups is 2. The van der Waals surface area contributed by atoms with Gasteiger partial charge >= 0.3 is 6.03 Å². The SMILES string of the molecule is C[C@@H](NC(=O)Nc1ccccc1)C(=O)N1CCn2cccc2[C@@H]1C. The second kappa shape index (κ2) is 6.78. The van der Waals surface area contributed by atoms with Crippen LogP contribution in [0.15, 0.2) is 48.7 Å². The zero-order chi connectivity index (χ0) is 17.1. The standard InChI is InChI=1S/C18H22N4O2/c1-13(19-18(24)20-15-7-4-3-5-8-15)17(23)22-12-11-21-10-6-9-16(21)14(22)2/h3-10,13-14H,11-12H2,1-2H3,(H2,19,20,24)/t13-,14+/m1/s1. The molecule has 126 valence electrons. The van der Waals surface area contributed by atoms with Gasteiger partial charge in [0.25, 0.3) is 0 Å². The lowest BCUT2D eigenvalue weighted by molar-refractivity contribution is -0.136. The molecule has 0 bridgehead atoms. The molecule has 3 amide bonds. The Balaban J connectivity index is 1.60. The number of nitrogens with zero attached hydrogens (tertiary/aromatic N) is 2. The normalized spacial score (nSPS) is 17.8. The van der Waals surface area contributed by atoms with Crippen LogP contribution in [0.1, 0.15) is 25.6 Å². The Morgan fingerprint density at radius 3 is 2.62 bits per heavy atom. The van der Waals surface area contributed by atoms with Crippen LogP contribution in [0.3, 0.4) is 0 Å². The first-order chi connectivity index (χ1) is 11.6. The summed E-state index contributed by atoms with van der Waals surface area (Å²) in [5.74, 6) is -0.0711. The molecule has 1 aromatic carbocycles. The third-order valence-corrected chi connectivity index (χ3v) is 4.37. The molecule has 6 heteroatoms. The van der Waals surface area contributed by atoms with Gasteiger partial charge in [0.15, 0.2) is 0 Å². The molecule has 2 aromatic rings. The van der Waals surface area contributed by atoms with Gasteiger partial charge in [-0.2, -0.15) is 0 Å². The summed E-state index contributed by atoms with van der Waals surface area (Å²) in [6.07, 6.45) is 2.03. The maximum Gasteiger partial charge on any atom is 0.319 e. The van der Waals surface area contributed by atoms with Crippen LogP contribution >= 0.6 is 0 Å². The van der Waals surface area contributed by atoms with Crippen molar-refractivity contribution in [2.45, 2.75) is 32.5 Å².